The van der Waals surface area contributed by atoms with E-state index in [4.69, 9.17) is 14.2 Å². The predicted molar refractivity (Wildman–Crippen MR) is 117 cm³/mol. The number of benzene rings is 2. The molecule has 31 heavy (non-hydrogen) atoms. The number of methoxy groups -OCH3 is 3. The minimum Gasteiger partial charge on any atom is -0.493 e. The van der Waals surface area contributed by atoms with E-state index in [-0.39, 0.29) is 11.5 Å². The standard InChI is InChI=1S/C21H24N4O5S/c1-13-6-8-16(9-7-13)25-14(2)22-23-21(25)31-19(12-24(26)27)15-10-17(28-3)20(30-5)18(11-15)29-4/h6-11,19H,12H2,1-5H3/t19-/m1/s1. The molecule has 0 radical (unpaired) electrons. The highest BCUT2D eigenvalue weighted by Crippen LogP contribution is 2.44. The lowest BCUT2D eigenvalue weighted by Gasteiger charge is -2.18. The molecule has 0 saturated heterocycles. The van der Waals surface area contributed by atoms with Gasteiger partial charge in [0, 0.05) is 10.6 Å². The molecule has 1 heterocycles. The average molecular weight is 445 g/mol. The van der Waals surface area contributed by atoms with E-state index in [2.05, 4.69) is 10.2 Å². The lowest BCUT2D eigenvalue weighted by molar-refractivity contribution is -0.479. The summed E-state index contributed by atoms with van der Waals surface area (Å²) in [7, 11) is 4.53. The number of aryl methyl sites for hydroxylation is 2. The number of hydrogen-bond acceptors (Lipinski definition) is 8. The quantitative estimate of drug-likeness (QED) is 0.277. The van der Waals surface area contributed by atoms with Crippen LogP contribution in [0.2, 0.25) is 0 Å². The van der Waals surface area contributed by atoms with Crippen molar-refractivity contribution in [3.63, 3.8) is 0 Å². The summed E-state index contributed by atoms with van der Waals surface area (Å²) in [6.45, 7) is 3.54. The highest BCUT2D eigenvalue weighted by Gasteiger charge is 2.26. The van der Waals surface area contributed by atoms with Crippen molar-refractivity contribution in [3.8, 4) is 22.9 Å². The maximum atomic E-state index is 11.5. The molecular weight excluding hydrogens is 420 g/mol. The third kappa shape index (κ3) is 4.91. The molecule has 0 bridgehead atoms. The van der Waals surface area contributed by atoms with Crippen molar-refractivity contribution < 1.29 is 19.1 Å². The second kappa shape index (κ2) is 9.69. The van der Waals surface area contributed by atoms with Gasteiger partial charge in [0.05, 0.1) is 21.3 Å². The van der Waals surface area contributed by atoms with Crippen molar-refractivity contribution in [2.45, 2.75) is 24.3 Å². The van der Waals surface area contributed by atoms with Gasteiger partial charge in [0.2, 0.25) is 12.3 Å². The van der Waals surface area contributed by atoms with Gasteiger partial charge < -0.3 is 14.2 Å². The van der Waals surface area contributed by atoms with Crippen LogP contribution in [0.4, 0.5) is 0 Å². The average Bonchev–Trinajstić information content (AvgIpc) is 3.12. The van der Waals surface area contributed by atoms with Crippen LogP contribution >= 0.6 is 11.8 Å². The zero-order valence-electron chi connectivity index (χ0n) is 18.0. The van der Waals surface area contributed by atoms with Gasteiger partial charge >= 0.3 is 0 Å². The molecule has 0 aliphatic rings. The summed E-state index contributed by atoms with van der Waals surface area (Å²) in [5.74, 6) is 1.98. The molecule has 0 fully saturated rings. The number of ether oxygens (including phenoxy) is 3. The molecule has 0 amide bonds. The van der Waals surface area contributed by atoms with Crippen LogP contribution in [-0.4, -0.2) is 47.6 Å². The Labute approximate surface area is 184 Å². The first kappa shape index (κ1) is 22.4. The highest BCUT2D eigenvalue weighted by molar-refractivity contribution is 7.99. The predicted octanol–water partition coefficient (Wildman–Crippen LogP) is 4.02. The summed E-state index contributed by atoms with van der Waals surface area (Å²) in [6.07, 6.45) is 0. The Morgan fingerprint density at radius 3 is 2.16 bits per heavy atom. The van der Waals surface area contributed by atoms with Gasteiger partial charge in [-0.25, -0.2) is 0 Å². The van der Waals surface area contributed by atoms with Gasteiger partial charge in [0.25, 0.3) is 0 Å². The Kier molecular flexibility index (Phi) is 7.01. The Bertz CT molecular complexity index is 1040. The first-order valence-electron chi connectivity index (χ1n) is 9.45. The molecule has 0 aliphatic carbocycles. The molecule has 3 aromatic rings. The maximum Gasteiger partial charge on any atom is 0.220 e. The summed E-state index contributed by atoms with van der Waals surface area (Å²) in [5.41, 5.74) is 2.68. The minimum atomic E-state index is -0.559. The van der Waals surface area contributed by atoms with Gasteiger partial charge in [-0.3, -0.25) is 14.7 Å². The second-order valence-corrected chi connectivity index (χ2v) is 7.95. The van der Waals surface area contributed by atoms with Gasteiger partial charge in [-0.1, -0.05) is 29.5 Å². The van der Waals surface area contributed by atoms with Gasteiger partial charge in [-0.15, -0.1) is 10.2 Å². The first-order valence-corrected chi connectivity index (χ1v) is 10.3. The Morgan fingerprint density at radius 1 is 1.03 bits per heavy atom. The third-order valence-electron chi connectivity index (χ3n) is 4.71. The van der Waals surface area contributed by atoms with Crippen molar-refractivity contribution in [2.75, 3.05) is 27.9 Å². The van der Waals surface area contributed by atoms with Crippen LogP contribution in [0.1, 0.15) is 22.2 Å². The van der Waals surface area contributed by atoms with E-state index in [9.17, 15) is 10.1 Å². The van der Waals surface area contributed by atoms with E-state index < -0.39 is 5.25 Å². The summed E-state index contributed by atoms with van der Waals surface area (Å²) in [4.78, 5) is 11.1. The van der Waals surface area contributed by atoms with Crippen LogP contribution in [0.3, 0.4) is 0 Å². The van der Waals surface area contributed by atoms with Crippen molar-refractivity contribution in [3.05, 3.63) is 63.5 Å². The summed E-state index contributed by atoms with van der Waals surface area (Å²) < 4.78 is 18.1. The zero-order chi connectivity index (χ0) is 22.5. The van der Waals surface area contributed by atoms with Crippen LogP contribution in [0.25, 0.3) is 5.69 Å². The molecule has 0 N–H and O–H groups in total. The van der Waals surface area contributed by atoms with Gasteiger partial charge in [-0.05, 0) is 43.7 Å². The largest absolute Gasteiger partial charge is 0.493 e. The SMILES string of the molecule is COc1cc([C@@H](C[N+](=O)[O-])Sc2nnc(C)n2-c2ccc(C)cc2)cc(OC)c1OC. The van der Waals surface area contributed by atoms with Crippen LogP contribution in [0, 0.1) is 24.0 Å². The summed E-state index contributed by atoms with van der Waals surface area (Å²) in [6, 6.07) is 11.4. The number of rotatable bonds is 9. The van der Waals surface area contributed by atoms with Gasteiger partial charge in [0.15, 0.2) is 16.7 Å². The lowest BCUT2D eigenvalue weighted by atomic mass is 10.1. The fourth-order valence-corrected chi connectivity index (χ4v) is 4.32. The lowest BCUT2D eigenvalue weighted by Crippen LogP contribution is -2.12. The van der Waals surface area contributed by atoms with Crippen LogP contribution in [-0.2, 0) is 0 Å². The Morgan fingerprint density at radius 2 is 1.65 bits per heavy atom. The van der Waals surface area contributed by atoms with E-state index in [1.165, 1.54) is 33.1 Å². The first-order chi connectivity index (χ1) is 14.9. The van der Waals surface area contributed by atoms with Gasteiger partial charge in [-0.2, -0.15) is 0 Å². The Balaban J connectivity index is 2.05. The normalized spacial score (nSPS) is 11.8. The van der Waals surface area contributed by atoms with Gasteiger partial charge in [0.1, 0.15) is 11.1 Å². The zero-order valence-corrected chi connectivity index (χ0v) is 18.8. The van der Waals surface area contributed by atoms with Crippen LogP contribution in [0.5, 0.6) is 17.2 Å². The molecular formula is C21H24N4O5S. The maximum absolute atomic E-state index is 11.5. The molecule has 0 unspecified atom stereocenters. The summed E-state index contributed by atoms with van der Waals surface area (Å²) >= 11 is 1.26. The molecule has 3 rings (SSSR count). The van der Waals surface area contributed by atoms with Crippen LogP contribution < -0.4 is 14.2 Å². The molecule has 0 aliphatic heterocycles. The second-order valence-electron chi connectivity index (χ2n) is 6.78. The van der Waals surface area contributed by atoms with Crippen molar-refractivity contribution in [2.24, 2.45) is 0 Å². The molecule has 1 atom stereocenters. The number of nitro groups is 1. The molecule has 0 saturated carbocycles. The minimum absolute atomic E-state index is 0.316. The molecule has 164 valence electrons. The van der Waals surface area contributed by atoms with Crippen molar-refractivity contribution in [1.29, 1.82) is 0 Å². The van der Waals surface area contributed by atoms with E-state index in [1.807, 2.05) is 42.7 Å². The Hall–Kier alpha value is -3.27. The van der Waals surface area contributed by atoms with E-state index in [0.717, 1.165) is 11.3 Å². The van der Waals surface area contributed by atoms with E-state index in [0.29, 0.717) is 33.8 Å². The number of hydrogen-bond donors (Lipinski definition) is 0. The topological polar surface area (TPSA) is 102 Å². The molecule has 9 nitrogen and oxygen atoms in total. The number of thioether (sulfide) groups is 1. The van der Waals surface area contributed by atoms with Crippen LogP contribution in [0.15, 0.2) is 41.6 Å². The highest BCUT2D eigenvalue weighted by atomic mass is 32.2. The fourth-order valence-electron chi connectivity index (χ4n) is 3.17. The number of aromatic nitrogens is 3. The molecule has 0 spiro atoms. The monoisotopic (exact) mass is 444 g/mol. The van der Waals surface area contributed by atoms with Crippen molar-refractivity contribution >= 4 is 11.8 Å². The molecule has 1 aromatic heterocycles. The molecule has 10 heteroatoms. The van der Waals surface area contributed by atoms with E-state index in [1.54, 1.807) is 12.1 Å². The number of nitrogens with zero attached hydrogens (tertiary/aromatic N) is 4. The third-order valence-corrected chi connectivity index (χ3v) is 5.89. The van der Waals surface area contributed by atoms with Crippen molar-refractivity contribution in [1.82, 2.24) is 14.8 Å². The smallest absolute Gasteiger partial charge is 0.220 e. The van der Waals surface area contributed by atoms with E-state index >= 15 is 0 Å². The molecule has 2 aromatic carbocycles. The fraction of sp³-hybridized carbons (Fsp3) is 0.333. The summed E-state index contributed by atoms with van der Waals surface area (Å²) in [5, 5.41) is 19.9.